The van der Waals surface area contributed by atoms with Crippen molar-refractivity contribution in [2.45, 2.75) is 39.5 Å². The Morgan fingerprint density at radius 1 is 1.27 bits per heavy atom. The van der Waals surface area contributed by atoms with Crippen LogP contribution >= 0.6 is 11.6 Å². The van der Waals surface area contributed by atoms with Gasteiger partial charge in [-0.2, -0.15) is 5.10 Å². The molecular weight excluding hydrogens is 350 g/mol. The van der Waals surface area contributed by atoms with Gasteiger partial charge in [0.05, 0.1) is 16.3 Å². The van der Waals surface area contributed by atoms with Crippen molar-refractivity contribution in [1.82, 2.24) is 19.7 Å². The molecule has 0 aromatic carbocycles. The molecule has 3 rings (SSSR count). The third kappa shape index (κ3) is 4.01. The van der Waals surface area contributed by atoms with Gasteiger partial charge in [-0.1, -0.05) is 11.6 Å². The number of likely N-dealkylation sites (tertiary alicyclic amines) is 1. The van der Waals surface area contributed by atoms with Crippen LogP contribution in [0.2, 0.25) is 5.02 Å². The smallest absolute Gasteiger partial charge is 0.255 e. The number of carbonyl (C=O) groups excluding carboxylic acids is 1. The molecule has 7 heteroatoms. The predicted molar refractivity (Wildman–Crippen MR) is 104 cm³/mol. The second kappa shape index (κ2) is 8.08. The van der Waals surface area contributed by atoms with Crippen molar-refractivity contribution in [2.75, 3.05) is 25.0 Å². The number of hydrogen-bond donors (Lipinski definition) is 1. The number of anilines is 1. The van der Waals surface area contributed by atoms with E-state index in [-0.39, 0.29) is 5.91 Å². The Balaban J connectivity index is 1.61. The van der Waals surface area contributed by atoms with Crippen molar-refractivity contribution < 1.29 is 4.79 Å². The molecule has 1 N–H and O–H groups in total. The number of aromatic nitrogens is 3. The van der Waals surface area contributed by atoms with E-state index in [4.69, 9.17) is 11.6 Å². The highest BCUT2D eigenvalue weighted by atomic mass is 35.5. The highest BCUT2D eigenvalue weighted by molar-refractivity contribution is 6.33. The van der Waals surface area contributed by atoms with Crippen molar-refractivity contribution in [2.24, 2.45) is 7.05 Å². The zero-order chi connectivity index (χ0) is 18.7. The van der Waals surface area contributed by atoms with E-state index >= 15 is 0 Å². The molecule has 26 heavy (non-hydrogen) atoms. The number of nitrogens with zero attached hydrogens (tertiary/aromatic N) is 4. The maximum Gasteiger partial charge on any atom is 0.255 e. The minimum atomic E-state index is 0.0206. The molecule has 0 radical (unpaired) electrons. The summed E-state index contributed by atoms with van der Waals surface area (Å²) in [6.07, 6.45) is 5.80. The fourth-order valence-corrected chi connectivity index (χ4v) is 3.68. The second-order valence-corrected chi connectivity index (χ2v) is 7.26. The SMILES string of the molecule is Cc1nn(C)c(C)c1CCNc1ncc(C(=O)N2CCCCC2)cc1Cl. The lowest BCUT2D eigenvalue weighted by atomic mass is 10.1. The van der Waals surface area contributed by atoms with Crippen LogP contribution in [0.25, 0.3) is 0 Å². The Morgan fingerprint density at radius 3 is 2.62 bits per heavy atom. The minimum absolute atomic E-state index is 0.0206. The molecule has 0 spiro atoms. The van der Waals surface area contributed by atoms with Gasteiger partial charge >= 0.3 is 0 Å². The molecule has 6 nitrogen and oxygen atoms in total. The molecule has 0 unspecified atom stereocenters. The Bertz CT molecular complexity index is 795. The number of halogens is 1. The van der Waals surface area contributed by atoms with E-state index in [9.17, 15) is 4.79 Å². The first-order valence-electron chi connectivity index (χ1n) is 9.15. The molecule has 1 aliphatic rings. The van der Waals surface area contributed by atoms with Gasteiger partial charge in [0.25, 0.3) is 5.91 Å². The summed E-state index contributed by atoms with van der Waals surface area (Å²) in [5.74, 6) is 0.633. The van der Waals surface area contributed by atoms with Gasteiger partial charge in [0.2, 0.25) is 0 Å². The number of aryl methyl sites for hydroxylation is 2. The third-order valence-electron chi connectivity index (χ3n) is 5.06. The average Bonchev–Trinajstić information content (AvgIpc) is 2.89. The van der Waals surface area contributed by atoms with E-state index < -0.39 is 0 Å². The molecule has 2 aromatic rings. The van der Waals surface area contributed by atoms with Crippen LogP contribution in [0.1, 0.15) is 46.6 Å². The summed E-state index contributed by atoms with van der Waals surface area (Å²) >= 11 is 6.35. The van der Waals surface area contributed by atoms with E-state index in [1.807, 2.05) is 23.6 Å². The molecule has 2 aromatic heterocycles. The molecule has 1 amide bonds. The lowest BCUT2D eigenvalue weighted by Crippen LogP contribution is -2.35. The zero-order valence-corrected chi connectivity index (χ0v) is 16.4. The van der Waals surface area contributed by atoms with E-state index in [1.165, 1.54) is 17.7 Å². The van der Waals surface area contributed by atoms with Gasteiger partial charge in [-0.05, 0) is 51.2 Å². The topological polar surface area (TPSA) is 63.1 Å². The summed E-state index contributed by atoms with van der Waals surface area (Å²) in [5.41, 5.74) is 4.02. The minimum Gasteiger partial charge on any atom is -0.369 e. The Kier molecular flexibility index (Phi) is 5.81. The van der Waals surface area contributed by atoms with Crippen LogP contribution in [0.15, 0.2) is 12.3 Å². The molecule has 1 aliphatic heterocycles. The lowest BCUT2D eigenvalue weighted by molar-refractivity contribution is 0.0724. The largest absolute Gasteiger partial charge is 0.369 e. The van der Waals surface area contributed by atoms with E-state index in [0.29, 0.717) is 22.9 Å². The second-order valence-electron chi connectivity index (χ2n) is 6.86. The van der Waals surface area contributed by atoms with Crippen molar-refractivity contribution in [3.05, 3.63) is 39.8 Å². The Hall–Kier alpha value is -2.08. The molecule has 0 aliphatic carbocycles. The van der Waals surface area contributed by atoms with Crippen LogP contribution in [0.4, 0.5) is 5.82 Å². The normalized spacial score (nSPS) is 14.5. The first-order chi connectivity index (χ1) is 12.5. The molecule has 0 bridgehead atoms. The van der Waals surface area contributed by atoms with Gasteiger partial charge in [-0.25, -0.2) is 4.98 Å². The fourth-order valence-electron chi connectivity index (χ4n) is 3.45. The molecular formula is C19H26ClN5O. The van der Waals surface area contributed by atoms with Gasteiger partial charge in [-0.3, -0.25) is 9.48 Å². The standard InChI is InChI=1S/C19H26ClN5O/c1-13-16(14(2)24(3)23-13)7-8-21-18-17(20)11-15(12-22-18)19(26)25-9-5-4-6-10-25/h11-12H,4-10H2,1-3H3,(H,21,22). The summed E-state index contributed by atoms with van der Waals surface area (Å²) in [6, 6.07) is 1.72. The van der Waals surface area contributed by atoms with Crippen molar-refractivity contribution >= 4 is 23.3 Å². The Morgan fingerprint density at radius 2 is 2.00 bits per heavy atom. The Labute approximate surface area is 159 Å². The number of nitrogens with one attached hydrogen (secondary N) is 1. The quantitative estimate of drug-likeness (QED) is 0.870. The summed E-state index contributed by atoms with van der Waals surface area (Å²) in [6.45, 7) is 6.44. The van der Waals surface area contributed by atoms with Gasteiger partial charge in [0, 0.05) is 38.6 Å². The number of hydrogen-bond acceptors (Lipinski definition) is 4. The van der Waals surface area contributed by atoms with Crippen LogP contribution in [0, 0.1) is 13.8 Å². The number of amides is 1. The maximum absolute atomic E-state index is 12.5. The van der Waals surface area contributed by atoms with E-state index in [0.717, 1.165) is 38.0 Å². The van der Waals surface area contributed by atoms with Crippen LogP contribution < -0.4 is 5.32 Å². The molecule has 1 saturated heterocycles. The van der Waals surface area contributed by atoms with Crippen LogP contribution in [-0.2, 0) is 13.5 Å². The van der Waals surface area contributed by atoms with Crippen molar-refractivity contribution in [1.29, 1.82) is 0 Å². The zero-order valence-electron chi connectivity index (χ0n) is 15.7. The number of pyridine rings is 1. The fraction of sp³-hybridized carbons (Fsp3) is 0.526. The highest BCUT2D eigenvalue weighted by Crippen LogP contribution is 2.22. The van der Waals surface area contributed by atoms with Crippen LogP contribution in [-0.4, -0.2) is 45.2 Å². The monoisotopic (exact) mass is 375 g/mol. The lowest BCUT2D eigenvalue weighted by Gasteiger charge is -2.26. The first-order valence-corrected chi connectivity index (χ1v) is 9.53. The molecule has 140 valence electrons. The van der Waals surface area contributed by atoms with Gasteiger partial charge in [-0.15, -0.1) is 0 Å². The van der Waals surface area contributed by atoms with Crippen LogP contribution in [0.3, 0.4) is 0 Å². The van der Waals surface area contributed by atoms with Gasteiger partial charge in [0.15, 0.2) is 0 Å². The summed E-state index contributed by atoms with van der Waals surface area (Å²) in [5, 5.41) is 8.18. The van der Waals surface area contributed by atoms with Crippen LogP contribution in [0.5, 0.6) is 0 Å². The van der Waals surface area contributed by atoms with E-state index in [1.54, 1.807) is 12.3 Å². The summed E-state index contributed by atoms with van der Waals surface area (Å²) < 4.78 is 1.90. The molecule has 1 fully saturated rings. The molecule has 0 saturated carbocycles. The number of rotatable bonds is 5. The van der Waals surface area contributed by atoms with Crippen molar-refractivity contribution in [3.63, 3.8) is 0 Å². The van der Waals surface area contributed by atoms with Gasteiger partial charge < -0.3 is 10.2 Å². The highest BCUT2D eigenvalue weighted by Gasteiger charge is 2.19. The number of piperidine rings is 1. The third-order valence-corrected chi connectivity index (χ3v) is 5.35. The predicted octanol–water partition coefficient (Wildman–Crippen LogP) is 3.37. The first kappa shape index (κ1) is 18.7. The van der Waals surface area contributed by atoms with Gasteiger partial charge in [0.1, 0.15) is 5.82 Å². The average molecular weight is 376 g/mol. The molecule has 0 atom stereocenters. The molecule has 3 heterocycles. The van der Waals surface area contributed by atoms with Crippen molar-refractivity contribution in [3.8, 4) is 0 Å². The van der Waals surface area contributed by atoms with E-state index in [2.05, 4.69) is 22.3 Å². The summed E-state index contributed by atoms with van der Waals surface area (Å²) in [7, 11) is 1.95. The maximum atomic E-state index is 12.5. The summed E-state index contributed by atoms with van der Waals surface area (Å²) in [4.78, 5) is 18.8. The number of carbonyl (C=O) groups is 1.